The Morgan fingerprint density at radius 3 is 2.73 bits per heavy atom. The molecule has 1 N–H and O–H groups in total. The van der Waals surface area contributed by atoms with Crippen molar-refractivity contribution < 1.29 is 9.28 Å². The fourth-order valence-electron chi connectivity index (χ4n) is 3.11. The fourth-order valence-corrected chi connectivity index (χ4v) is 3.11. The first-order valence-electron chi connectivity index (χ1n) is 8.94. The van der Waals surface area contributed by atoms with Gasteiger partial charge in [-0.3, -0.25) is 9.28 Å². The summed E-state index contributed by atoms with van der Waals surface area (Å²) >= 11 is 0. The van der Waals surface area contributed by atoms with Gasteiger partial charge >= 0.3 is 0 Å². The normalized spacial score (nSPS) is 21.3. The highest BCUT2D eigenvalue weighted by Gasteiger charge is 2.35. The third-order valence-electron chi connectivity index (χ3n) is 4.56. The third-order valence-corrected chi connectivity index (χ3v) is 4.56. The minimum atomic E-state index is 0.0574. The summed E-state index contributed by atoms with van der Waals surface area (Å²) in [4.78, 5) is 15.8. The van der Waals surface area contributed by atoms with Gasteiger partial charge in [-0.05, 0) is 26.2 Å². The van der Waals surface area contributed by atoms with Crippen LogP contribution in [0.4, 0.5) is 0 Å². The first-order valence-corrected chi connectivity index (χ1v) is 8.94. The molecular formula is C18H34N3O+. The number of aliphatic imine (C=N–C) groups is 1. The summed E-state index contributed by atoms with van der Waals surface area (Å²) in [5.74, 6) is 1.38. The number of nitrogens with zero attached hydrogens (tertiary/aromatic N) is 2. The van der Waals surface area contributed by atoms with E-state index in [-0.39, 0.29) is 5.91 Å². The zero-order valence-corrected chi connectivity index (χ0v) is 14.7. The summed E-state index contributed by atoms with van der Waals surface area (Å²) in [6.45, 7) is 10.9. The van der Waals surface area contributed by atoms with E-state index in [1.54, 1.807) is 6.92 Å². The molecule has 0 saturated heterocycles. The molecule has 4 nitrogen and oxygen atoms in total. The van der Waals surface area contributed by atoms with Gasteiger partial charge in [0.05, 0.1) is 19.6 Å². The van der Waals surface area contributed by atoms with E-state index < -0.39 is 0 Å². The maximum atomic E-state index is 11.1. The quantitative estimate of drug-likeness (QED) is 0.355. The molecule has 1 rings (SSSR count). The Balaban J connectivity index is 2.38. The molecule has 0 aromatic heterocycles. The van der Waals surface area contributed by atoms with E-state index in [1.807, 2.05) is 0 Å². The molecule has 0 bridgehead atoms. The Morgan fingerprint density at radius 1 is 1.27 bits per heavy atom. The summed E-state index contributed by atoms with van der Waals surface area (Å²) in [7, 11) is 0. The Hall–Kier alpha value is -1.16. The monoisotopic (exact) mass is 308 g/mol. The van der Waals surface area contributed by atoms with Crippen LogP contribution in [0, 0.1) is 0 Å². The average molecular weight is 308 g/mol. The van der Waals surface area contributed by atoms with Gasteiger partial charge in [0.1, 0.15) is 13.1 Å². The van der Waals surface area contributed by atoms with Crippen molar-refractivity contribution in [2.45, 2.75) is 59.3 Å². The van der Waals surface area contributed by atoms with Crippen LogP contribution in [0.1, 0.15) is 59.3 Å². The van der Waals surface area contributed by atoms with E-state index in [0.29, 0.717) is 0 Å². The number of amidine groups is 1. The summed E-state index contributed by atoms with van der Waals surface area (Å²) < 4.78 is 0.962. The van der Waals surface area contributed by atoms with E-state index >= 15 is 0 Å². The highest BCUT2D eigenvalue weighted by molar-refractivity contribution is 5.77. The van der Waals surface area contributed by atoms with E-state index in [4.69, 9.17) is 4.99 Å². The molecule has 0 radical (unpaired) electrons. The van der Waals surface area contributed by atoms with E-state index in [1.165, 1.54) is 31.5 Å². The number of likely N-dealkylation sites (N-methyl/N-ethyl adjacent to an activating group) is 1. The number of nitrogens with one attached hydrogen (secondary N) is 1. The SMILES string of the molecule is CCCCC/C=C/CCC1=NCC[N+]1(CC)CCNC(C)=O. The number of rotatable bonds is 11. The second kappa shape index (κ2) is 10.5. The molecule has 1 atom stereocenters. The molecule has 0 aliphatic carbocycles. The zero-order chi connectivity index (χ0) is 16.3. The number of hydrogen-bond donors (Lipinski definition) is 1. The van der Waals surface area contributed by atoms with Crippen molar-refractivity contribution in [1.29, 1.82) is 0 Å². The summed E-state index contributed by atoms with van der Waals surface area (Å²) in [6, 6.07) is 0. The number of amides is 1. The molecule has 1 heterocycles. The van der Waals surface area contributed by atoms with Crippen LogP contribution in [-0.2, 0) is 4.79 Å². The molecule has 0 aromatic rings. The third kappa shape index (κ3) is 6.30. The Kier molecular flexibility index (Phi) is 9.05. The molecule has 0 saturated carbocycles. The van der Waals surface area contributed by atoms with Gasteiger partial charge in [-0.25, -0.2) is 4.99 Å². The molecule has 1 unspecified atom stereocenters. The lowest BCUT2D eigenvalue weighted by molar-refractivity contribution is -0.833. The van der Waals surface area contributed by atoms with Gasteiger partial charge in [0, 0.05) is 13.3 Å². The van der Waals surface area contributed by atoms with Gasteiger partial charge in [0.15, 0.2) is 5.84 Å². The molecule has 22 heavy (non-hydrogen) atoms. The van der Waals surface area contributed by atoms with Gasteiger partial charge in [0.2, 0.25) is 5.91 Å². The van der Waals surface area contributed by atoms with Gasteiger partial charge in [-0.15, -0.1) is 0 Å². The maximum Gasteiger partial charge on any atom is 0.217 e. The molecule has 1 amide bonds. The zero-order valence-electron chi connectivity index (χ0n) is 14.7. The van der Waals surface area contributed by atoms with Crippen LogP contribution >= 0.6 is 0 Å². The molecule has 0 fully saturated rings. The Bertz CT molecular complexity index is 390. The number of allylic oxidation sites excluding steroid dienone is 2. The predicted octanol–water partition coefficient (Wildman–Crippen LogP) is 3.29. The molecule has 126 valence electrons. The van der Waals surface area contributed by atoms with Crippen LogP contribution in [0.5, 0.6) is 0 Å². The van der Waals surface area contributed by atoms with Crippen molar-refractivity contribution in [3.63, 3.8) is 0 Å². The first-order chi connectivity index (χ1) is 10.6. The lowest BCUT2D eigenvalue weighted by atomic mass is 10.1. The number of unbranched alkanes of at least 4 members (excludes halogenated alkanes) is 3. The van der Waals surface area contributed by atoms with Crippen molar-refractivity contribution in [2.24, 2.45) is 4.99 Å². The number of quaternary nitrogens is 1. The minimum Gasteiger partial charge on any atom is -0.351 e. The highest BCUT2D eigenvalue weighted by atomic mass is 16.1. The molecule has 1 aliphatic rings. The van der Waals surface area contributed by atoms with Crippen molar-refractivity contribution >= 4 is 11.7 Å². The predicted molar refractivity (Wildman–Crippen MR) is 94.0 cm³/mol. The van der Waals surface area contributed by atoms with Crippen LogP contribution in [0.25, 0.3) is 0 Å². The van der Waals surface area contributed by atoms with Gasteiger partial charge < -0.3 is 5.32 Å². The maximum absolute atomic E-state index is 11.1. The summed E-state index contributed by atoms with van der Waals surface area (Å²) in [5, 5.41) is 2.92. The number of carbonyl (C=O) groups is 1. The van der Waals surface area contributed by atoms with Crippen molar-refractivity contribution in [1.82, 2.24) is 5.32 Å². The molecular weight excluding hydrogens is 274 g/mol. The average Bonchev–Trinajstić information content (AvgIpc) is 2.89. The highest BCUT2D eigenvalue weighted by Crippen LogP contribution is 2.18. The van der Waals surface area contributed by atoms with E-state index in [9.17, 15) is 4.79 Å². The summed E-state index contributed by atoms with van der Waals surface area (Å²) in [5.41, 5.74) is 0. The number of hydrogen-bond acceptors (Lipinski definition) is 2. The van der Waals surface area contributed by atoms with Crippen molar-refractivity contribution in [3.05, 3.63) is 12.2 Å². The van der Waals surface area contributed by atoms with Crippen LogP contribution < -0.4 is 5.32 Å². The Morgan fingerprint density at radius 2 is 2.05 bits per heavy atom. The lowest BCUT2D eigenvalue weighted by Crippen LogP contribution is -2.54. The number of carbonyl (C=O) groups excluding carboxylic acids is 1. The Labute approximate surface area is 136 Å². The van der Waals surface area contributed by atoms with Crippen molar-refractivity contribution in [3.8, 4) is 0 Å². The van der Waals surface area contributed by atoms with Crippen molar-refractivity contribution in [2.75, 3.05) is 32.7 Å². The fraction of sp³-hybridized carbons (Fsp3) is 0.778. The molecule has 4 heteroatoms. The topological polar surface area (TPSA) is 41.5 Å². The molecule has 1 aliphatic heterocycles. The van der Waals surface area contributed by atoms with E-state index in [2.05, 4.69) is 31.3 Å². The van der Waals surface area contributed by atoms with E-state index in [0.717, 1.165) is 50.0 Å². The van der Waals surface area contributed by atoms with Gasteiger partial charge in [0.25, 0.3) is 0 Å². The van der Waals surface area contributed by atoms with Crippen LogP contribution in [0.15, 0.2) is 17.1 Å². The first kappa shape index (κ1) is 18.9. The minimum absolute atomic E-state index is 0.0574. The molecule has 0 aromatic carbocycles. The van der Waals surface area contributed by atoms with Crippen LogP contribution in [-0.4, -0.2) is 48.9 Å². The van der Waals surface area contributed by atoms with Crippen LogP contribution in [0.3, 0.4) is 0 Å². The standard InChI is InChI=1S/C18H33N3O/c1-4-6-7-8-9-10-11-12-18-20-14-16-21(18,5-2)15-13-19-17(3)22/h9-10H,4-8,11-16H2,1-3H3/p+1/b10-9+. The smallest absolute Gasteiger partial charge is 0.217 e. The van der Waals surface area contributed by atoms with Gasteiger partial charge in [-0.1, -0.05) is 31.9 Å². The second-order valence-electron chi connectivity index (χ2n) is 6.20. The molecule has 0 spiro atoms. The van der Waals surface area contributed by atoms with Gasteiger partial charge in [-0.2, -0.15) is 0 Å². The van der Waals surface area contributed by atoms with Crippen LogP contribution in [0.2, 0.25) is 0 Å². The second-order valence-corrected chi connectivity index (χ2v) is 6.20. The lowest BCUT2D eigenvalue weighted by Gasteiger charge is -2.33. The largest absolute Gasteiger partial charge is 0.351 e. The summed E-state index contributed by atoms with van der Waals surface area (Å²) in [6.07, 6.45) is 11.9.